The van der Waals surface area contributed by atoms with Gasteiger partial charge in [-0.1, -0.05) is 142 Å². The molecule has 7 aromatic rings. The molecule has 0 N–H and O–H groups in total. The van der Waals surface area contributed by atoms with Crippen molar-refractivity contribution in [3.8, 4) is 66.8 Å². The van der Waals surface area contributed by atoms with Gasteiger partial charge in [0.15, 0.2) is 0 Å². The molecule has 0 saturated carbocycles. The van der Waals surface area contributed by atoms with Crippen LogP contribution in [-0.4, -0.2) is 0 Å². The molecule has 0 spiro atoms. The molecule has 0 heterocycles. The van der Waals surface area contributed by atoms with E-state index in [-0.39, 0.29) is 0 Å². The molecular weight excluding hydrogens is 717 g/mol. The summed E-state index contributed by atoms with van der Waals surface area (Å²) in [5, 5.41) is 3.88. The first-order chi connectivity index (χ1) is 23.3. The SMILES string of the molecule is Clc1ccc(-c2c(-c3ccc(Cl)cc3)c(-c3ccc(Cl)cc3)c(-c3ccc(Cl)cc3)c(-c3ccc(Cl)cc3)c2-c2ccc(Cl)cc2)cc1. The second-order valence-corrected chi connectivity index (χ2v) is 13.9. The normalized spacial score (nSPS) is 11.1. The average molecular weight is 741 g/mol. The maximum Gasteiger partial charge on any atom is 0.0406 e. The van der Waals surface area contributed by atoms with E-state index in [1.165, 1.54) is 0 Å². The van der Waals surface area contributed by atoms with Gasteiger partial charge in [-0.05, 0) is 140 Å². The van der Waals surface area contributed by atoms with E-state index in [9.17, 15) is 0 Å². The van der Waals surface area contributed by atoms with Crippen LogP contribution in [0.25, 0.3) is 66.8 Å². The lowest BCUT2D eigenvalue weighted by Gasteiger charge is -2.29. The third-order valence-electron chi connectivity index (χ3n) is 8.30. The fourth-order valence-electron chi connectivity index (χ4n) is 6.18. The van der Waals surface area contributed by atoms with Gasteiger partial charge >= 0.3 is 0 Å². The van der Waals surface area contributed by atoms with Crippen molar-refractivity contribution in [3.63, 3.8) is 0 Å². The molecule has 0 aromatic heterocycles. The Labute approximate surface area is 310 Å². The second-order valence-electron chi connectivity index (χ2n) is 11.3. The van der Waals surface area contributed by atoms with Gasteiger partial charge in [-0.3, -0.25) is 0 Å². The summed E-state index contributed by atoms with van der Waals surface area (Å²) in [5.74, 6) is 0. The van der Waals surface area contributed by atoms with Crippen LogP contribution < -0.4 is 0 Å². The second kappa shape index (κ2) is 14.0. The smallest absolute Gasteiger partial charge is 0.0406 e. The quantitative estimate of drug-likeness (QED) is 0.159. The van der Waals surface area contributed by atoms with E-state index >= 15 is 0 Å². The zero-order valence-electron chi connectivity index (χ0n) is 25.1. The molecule has 0 aliphatic heterocycles. The summed E-state index contributed by atoms with van der Waals surface area (Å²) in [7, 11) is 0. The lowest BCUT2D eigenvalue weighted by molar-refractivity contribution is 1.51. The lowest BCUT2D eigenvalue weighted by atomic mass is 9.74. The van der Waals surface area contributed by atoms with Gasteiger partial charge in [0.1, 0.15) is 0 Å². The lowest BCUT2D eigenvalue weighted by Crippen LogP contribution is -2.02. The summed E-state index contributed by atoms with van der Waals surface area (Å²) >= 11 is 38.9. The molecule has 0 bridgehead atoms. The van der Waals surface area contributed by atoms with Crippen molar-refractivity contribution < 1.29 is 0 Å². The molecule has 0 nitrogen and oxygen atoms in total. The first-order valence-electron chi connectivity index (χ1n) is 15.1. The molecule has 234 valence electrons. The fourth-order valence-corrected chi connectivity index (χ4v) is 6.94. The van der Waals surface area contributed by atoms with Crippen LogP contribution in [-0.2, 0) is 0 Å². The zero-order chi connectivity index (χ0) is 33.4. The van der Waals surface area contributed by atoms with Crippen molar-refractivity contribution in [2.24, 2.45) is 0 Å². The van der Waals surface area contributed by atoms with Crippen molar-refractivity contribution in [1.29, 1.82) is 0 Å². The number of rotatable bonds is 6. The number of benzene rings is 7. The number of halogens is 6. The minimum absolute atomic E-state index is 0.647. The van der Waals surface area contributed by atoms with Crippen molar-refractivity contribution >= 4 is 69.6 Å². The molecule has 0 fully saturated rings. The predicted molar refractivity (Wildman–Crippen MR) is 209 cm³/mol. The summed E-state index contributed by atoms with van der Waals surface area (Å²) in [6, 6.07) is 47.8. The third kappa shape index (κ3) is 6.63. The van der Waals surface area contributed by atoms with Gasteiger partial charge in [-0.2, -0.15) is 0 Å². The first kappa shape index (κ1) is 32.8. The summed E-state index contributed by atoms with van der Waals surface area (Å²) < 4.78 is 0. The van der Waals surface area contributed by atoms with Gasteiger partial charge < -0.3 is 0 Å². The van der Waals surface area contributed by atoms with E-state index in [0.717, 1.165) is 66.8 Å². The van der Waals surface area contributed by atoms with Crippen LogP contribution in [0.15, 0.2) is 146 Å². The van der Waals surface area contributed by atoms with E-state index in [2.05, 4.69) is 72.8 Å². The topological polar surface area (TPSA) is 0 Å². The Morgan fingerprint density at radius 3 is 0.375 bits per heavy atom. The largest absolute Gasteiger partial charge is 0.0843 e. The Hall–Kier alpha value is -3.72. The molecule has 0 aliphatic carbocycles. The molecule has 7 rings (SSSR count). The highest BCUT2D eigenvalue weighted by Crippen LogP contribution is 2.56. The van der Waals surface area contributed by atoms with Gasteiger partial charge in [0.25, 0.3) is 0 Å². The molecule has 0 aliphatic rings. The molecule has 7 aromatic carbocycles. The van der Waals surface area contributed by atoms with Gasteiger partial charge in [0.05, 0.1) is 0 Å². The molecule has 0 radical (unpaired) electrons. The Morgan fingerprint density at radius 2 is 0.271 bits per heavy atom. The van der Waals surface area contributed by atoms with Crippen LogP contribution >= 0.6 is 69.6 Å². The van der Waals surface area contributed by atoms with E-state index in [1.54, 1.807) is 0 Å². The van der Waals surface area contributed by atoms with Crippen molar-refractivity contribution in [2.45, 2.75) is 0 Å². The Bertz CT molecular complexity index is 1780. The van der Waals surface area contributed by atoms with Gasteiger partial charge in [0, 0.05) is 30.1 Å². The zero-order valence-corrected chi connectivity index (χ0v) is 29.7. The van der Waals surface area contributed by atoms with Crippen LogP contribution in [0.1, 0.15) is 0 Å². The van der Waals surface area contributed by atoms with Crippen LogP contribution in [0, 0.1) is 0 Å². The van der Waals surface area contributed by atoms with Gasteiger partial charge in [-0.25, -0.2) is 0 Å². The summed E-state index contributed by atoms with van der Waals surface area (Å²) in [5.41, 5.74) is 12.0. The molecule has 48 heavy (non-hydrogen) atoms. The minimum atomic E-state index is 0.647. The molecule has 0 atom stereocenters. The van der Waals surface area contributed by atoms with E-state index in [4.69, 9.17) is 69.6 Å². The standard InChI is InChI=1S/C42H24Cl6/c43-31-13-1-25(2-14-31)37-38(26-3-15-32(44)16-4-26)40(28-7-19-34(46)20-8-28)42(30-11-23-36(48)24-12-30)41(29-9-21-35(47)22-10-29)39(37)27-5-17-33(45)18-6-27/h1-24H. The highest BCUT2D eigenvalue weighted by Gasteiger charge is 2.29. The summed E-state index contributed by atoms with van der Waals surface area (Å²) in [4.78, 5) is 0. The maximum atomic E-state index is 6.48. The third-order valence-corrected chi connectivity index (χ3v) is 9.81. The number of hydrogen-bond acceptors (Lipinski definition) is 0. The van der Waals surface area contributed by atoms with E-state index < -0.39 is 0 Å². The highest BCUT2D eigenvalue weighted by atomic mass is 35.5. The van der Waals surface area contributed by atoms with Crippen molar-refractivity contribution in [3.05, 3.63) is 176 Å². The molecule has 0 unspecified atom stereocenters. The van der Waals surface area contributed by atoms with Crippen LogP contribution in [0.2, 0.25) is 30.1 Å². The first-order valence-corrected chi connectivity index (χ1v) is 17.3. The van der Waals surface area contributed by atoms with Crippen LogP contribution in [0.4, 0.5) is 0 Å². The van der Waals surface area contributed by atoms with Gasteiger partial charge in [-0.15, -0.1) is 0 Å². The van der Waals surface area contributed by atoms with Crippen LogP contribution in [0.5, 0.6) is 0 Å². The molecular formula is C42H24Cl6. The van der Waals surface area contributed by atoms with E-state index in [1.807, 2.05) is 72.8 Å². The highest BCUT2D eigenvalue weighted by molar-refractivity contribution is 6.32. The Morgan fingerprint density at radius 1 is 0.167 bits per heavy atom. The summed E-state index contributed by atoms with van der Waals surface area (Å²) in [6.07, 6.45) is 0. The Kier molecular flexibility index (Phi) is 9.58. The predicted octanol–water partition coefficient (Wildman–Crippen LogP) is 15.6. The maximum absolute atomic E-state index is 6.48. The molecule has 0 amide bonds. The average Bonchev–Trinajstić information content (AvgIpc) is 3.10. The van der Waals surface area contributed by atoms with E-state index in [0.29, 0.717) is 30.1 Å². The summed E-state index contributed by atoms with van der Waals surface area (Å²) in [6.45, 7) is 0. The van der Waals surface area contributed by atoms with Crippen molar-refractivity contribution in [2.75, 3.05) is 0 Å². The fraction of sp³-hybridized carbons (Fsp3) is 0. The minimum Gasteiger partial charge on any atom is -0.0843 e. The van der Waals surface area contributed by atoms with Gasteiger partial charge in [0.2, 0.25) is 0 Å². The molecule has 6 heteroatoms. The Balaban J connectivity index is 1.81. The monoisotopic (exact) mass is 738 g/mol. The number of hydrogen-bond donors (Lipinski definition) is 0. The van der Waals surface area contributed by atoms with Crippen LogP contribution in [0.3, 0.4) is 0 Å². The van der Waals surface area contributed by atoms with Crippen molar-refractivity contribution in [1.82, 2.24) is 0 Å². The molecule has 0 saturated heterocycles.